The number of hydrogen-bond donors (Lipinski definition) is 1. The summed E-state index contributed by atoms with van der Waals surface area (Å²) in [5, 5.41) is 9.06. The third-order valence-corrected chi connectivity index (χ3v) is 3.51. The number of carbonyl (C=O) groups is 1. The molecule has 0 spiro atoms. The molecule has 1 saturated heterocycles. The van der Waals surface area contributed by atoms with E-state index in [0.29, 0.717) is 6.61 Å². The Morgan fingerprint density at radius 3 is 2.74 bits per heavy atom. The van der Waals surface area contributed by atoms with Gasteiger partial charge in [0.15, 0.2) is 0 Å². The van der Waals surface area contributed by atoms with Gasteiger partial charge in [-0.15, -0.1) is 0 Å². The summed E-state index contributed by atoms with van der Waals surface area (Å²) in [5.41, 5.74) is 1.91. The number of carbonyl (C=O) groups excluding carboxylic acids is 1. The van der Waals surface area contributed by atoms with Gasteiger partial charge in [-0.3, -0.25) is 0 Å². The molecule has 1 aliphatic rings. The fourth-order valence-corrected chi connectivity index (χ4v) is 2.52. The van der Waals surface area contributed by atoms with E-state index in [-0.39, 0.29) is 18.6 Å². The molecule has 4 nitrogen and oxygen atoms in total. The Balaban J connectivity index is 2.15. The van der Waals surface area contributed by atoms with Gasteiger partial charge < -0.3 is 14.7 Å². The molecule has 1 aromatic rings. The second-order valence-corrected chi connectivity index (χ2v) is 4.78. The molecule has 2 rings (SSSR count). The van der Waals surface area contributed by atoms with Crippen LogP contribution in [0.25, 0.3) is 0 Å². The Bertz CT molecular complexity index is 416. The highest BCUT2D eigenvalue weighted by molar-refractivity contribution is 5.80. The average molecular weight is 263 g/mol. The minimum atomic E-state index is -0.173. The van der Waals surface area contributed by atoms with Crippen molar-refractivity contribution < 1.29 is 14.6 Å². The number of ether oxygens (including phenoxy) is 1. The third-order valence-electron chi connectivity index (χ3n) is 3.51. The first kappa shape index (κ1) is 13.9. The Labute approximate surface area is 114 Å². The Morgan fingerprint density at radius 1 is 1.37 bits per heavy atom. The summed E-state index contributed by atoms with van der Waals surface area (Å²) in [5.74, 6) is -0.131. The van der Waals surface area contributed by atoms with Crippen LogP contribution >= 0.6 is 0 Å². The number of aliphatic hydroxyl groups is 1. The first-order valence-electron chi connectivity index (χ1n) is 6.89. The van der Waals surface area contributed by atoms with Crippen molar-refractivity contribution in [2.45, 2.75) is 38.8 Å². The van der Waals surface area contributed by atoms with Crippen LogP contribution in [0.15, 0.2) is 24.3 Å². The van der Waals surface area contributed by atoms with Gasteiger partial charge in [0.1, 0.15) is 6.04 Å². The molecule has 19 heavy (non-hydrogen) atoms. The maximum atomic E-state index is 12.0. The van der Waals surface area contributed by atoms with Gasteiger partial charge in [0.25, 0.3) is 0 Å². The number of esters is 1. The van der Waals surface area contributed by atoms with Crippen molar-refractivity contribution in [3.05, 3.63) is 29.8 Å². The van der Waals surface area contributed by atoms with E-state index in [2.05, 4.69) is 4.90 Å². The van der Waals surface area contributed by atoms with Gasteiger partial charge in [-0.05, 0) is 43.9 Å². The fraction of sp³-hybridized carbons (Fsp3) is 0.533. The topological polar surface area (TPSA) is 49.8 Å². The molecule has 4 heteroatoms. The second kappa shape index (κ2) is 6.57. The van der Waals surface area contributed by atoms with E-state index in [1.165, 1.54) is 0 Å². The summed E-state index contributed by atoms with van der Waals surface area (Å²) in [7, 11) is 0. The largest absolute Gasteiger partial charge is 0.464 e. The van der Waals surface area contributed by atoms with Crippen LogP contribution in [0, 0.1) is 0 Å². The van der Waals surface area contributed by atoms with E-state index in [9.17, 15) is 4.79 Å². The maximum absolute atomic E-state index is 12.0. The van der Waals surface area contributed by atoms with E-state index in [4.69, 9.17) is 9.84 Å². The molecule has 1 N–H and O–H groups in total. The van der Waals surface area contributed by atoms with Crippen LogP contribution in [0.2, 0.25) is 0 Å². The molecule has 1 aliphatic heterocycles. The van der Waals surface area contributed by atoms with Gasteiger partial charge in [0.05, 0.1) is 13.2 Å². The van der Waals surface area contributed by atoms with Crippen molar-refractivity contribution in [1.29, 1.82) is 0 Å². The lowest BCUT2D eigenvalue weighted by molar-refractivity contribution is -0.145. The highest BCUT2D eigenvalue weighted by Crippen LogP contribution is 2.25. The van der Waals surface area contributed by atoms with Crippen molar-refractivity contribution in [3.8, 4) is 0 Å². The minimum Gasteiger partial charge on any atom is -0.464 e. The normalized spacial score (nSPS) is 19.3. The number of nitrogens with zero attached hydrogens (tertiary/aromatic N) is 1. The highest BCUT2D eigenvalue weighted by atomic mass is 16.5. The standard InChI is InChI=1S/C15H21NO3/c1-2-19-15(18)14-5-3-4-10-16(14)13-8-6-12(11-17)7-9-13/h6-9,14,17H,2-5,10-11H2,1H3. The lowest BCUT2D eigenvalue weighted by atomic mass is 10.0. The molecular formula is C15H21NO3. The SMILES string of the molecule is CCOC(=O)C1CCCCN1c1ccc(CO)cc1. The van der Waals surface area contributed by atoms with E-state index in [0.717, 1.165) is 37.1 Å². The smallest absolute Gasteiger partial charge is 0.328 e. The van der Waals surface area contributed by atoms with E-state index in [1.807, 2.05) is 31.2 Å². The summed E-state index contributed by atoms with van der Waals surface area (Å²) in [6, 6.07) is 7.54. The molecule has 0 bridgehead atoms. The number of rotatable bonds is 4. The molecule has 104 valence electrons. The van der Waals surface area contributed by atoms with E-state index in [1.54, 1.807) is 0 Å². The van der Waals surface area contributed by atoms with Crippen molar-refractivity contribution in [2.75, 3.05) is 18.1 Å². The summed E-state index contributed by atoms with van der Waals surface area (Å²) in [6.07, 6.45) is 3.01. The van der Waals surface area contributed by atoms with Crippen LogP contribution in [0.1, 0.15) is 31.7 Å². The lowest BCUT2D eigenvalue weighted by Crippen LogP contribution is -2.45. The Kier molecular flexibility index (Phi) is 4.80. The maximum Gasteiger partial charge on any atom is 0.328 e. The van der Waals surface area contributed by atoms with E-state index < -0.39 is 0 Å². The quantitative estimate of drug-likeness (QED) is 0.845. The number of anilines is 1. The Hall–Kier alpha value is -1.55. The molecule has 0 amide bonds. The molecule has 1 aromatic carbocycles. The van der Waals surface area contributed by atoms with Gasteiger partial charge in [0, 0.05) is 12.2 Å². The predicted molar refractivity (Wildman–Crippen MR) is 74.0 cm³/mol. The van der Waals surface area contributed by atoms with Gasteiger partial charge in [0.2, 0.25) is 0 Å². The summed E-state index contributed by atoms with van der Waals surface area (Å²) in [6.45, 7) is 3.18. The third kappa shape index (κ3) is 3.26. The molecule has 1 unspecified atom stereocenters. The van der Waals surface area contributed by atoms with Crippen molar-refractivity contribution in [1.82, 2.24) is 0 Å². The number of piperidine rings is 1. The number of hydrogen-bond acceptors (Lipinski definition) is 4. The van der Waals surface area contributed by atoms with Crippen LogP contribution in [0.4, 0.5) is 5.69 Å². The molecule has 0 radical (unpaired) electrons. The van der Waals surface area contributed by atoms with Gasteiger partial charge in [-0.2, -0.15) is 0 Å². The molecule has 1 fully saturated rings. The number of benzene rings is 1. The van der Waals surface area contributed by atoms with E-state index >= 15 is 0 Å². The lowest BCUT2D eigenvalue weighted by Gasteiger charge is -2.35. The van der Waals surface area contributed by atoms with Crippen molar-refractivity contribution >= 4 is 11.7 Å². The molecule has 0 saturated carbocycles. The van der Waals surface area contributed by atoms with Crippen molar-refractivity contribution in [2.24, 2.45) is 0 Å². The van der Waals surface area contributed by atoms with Gasteiger partial charge in [-0.25, -0.2) is 4.79 Å². The predicted octanol–water partition coefficient (Wildman–Crippen LogP) is 2.10. The van der Waals surface area contributed by atoms with Crippen LogP contribution in [-0.4, -0.2) is 30.3 Å². The summed E-state index contributed by atoms with van der Waals surface area (Å²) < 4.78 is 5.16. The zero-order valence-electron chi connectivity index (χ0n) is 11.3. The Morgan fingerprint density at radius 2 is 2.11 bits per heavy atom. The van der Waals surface area contributed by atoms with Crippen LogP contribution in [0.5, 0.6) is 0 Å². The minimum absolute atomic E-state index is 0.0432. The summed E-state index contributed by atoms with van der Waals surface area (Å²) >= 11 is 0. The second-order valence-electron chi connectivity index (χ2n) is 4.78. The first-order chi connectivity index (χ1) is 9.26. The molecular weight excluding hydrogens is 242 g/mol. The molecule has 1 atom stereocenters. The first-order valence-corrected chi connectivity index (χ1v) is 6.89. The van der Waals surface area contributed by atoms with Crippen LogP contribution < -0.4 is 4.90 Å². The highest BCUT2D eigenvalue weighted by Gasteiger charge is 2.29. The molecule has 0 aliphatic carbocycles. The number of aliphatic hydroxyl groups excluding tert-OH is 1. The fourth-order valence-electron chi connectivity index (χ4n) is 2.52. The summed E-state index contributed by atoms with van der Waals surface area (Å²) in [4.78, 5) is 14.1. The zero-order chi connectivity index (χ0) is 13.7. The average Bonchev–Trinajstić information content (AvgIpc) is 2.47. The van der Waals surface area contributed by atoms with Gasteiger partial charge in [-0.1, -0.05) is 12.1 Å². The van der Waals surface area contributed by atoms with Crippen molar-refractivity contribution in [3.63, 3.8) is 0 Å². The van der Waals surface area contributed by atoms with Crippen LogP contribution in [-0.2, 0) is 16.1 Å². The molecule has 0 aromatic heterocycles. The molecule has 1 heterocycles. The van der Waals surface area contributed by atoms with Crippen LogP contribution in [0.3, 0.4) is 0 Å². The van der Waals surface area contributed by atoms with Gasteiger partial charge >= 0.3 is 5.97 Å². The zero-order valence-corrected chi connectivity index (χ0v) is 11.3. The monoisotopic (exact) mass is 263 g/mol.